The zero-order valence-corrected chi connectivity index (χ0v) is 18.1. The van der Waals surface area contributed by atoms with Crippen LogP contribution in [0.15, 0.2) is 30.3 Å². The van der Waals surface area contributed by atoms with Gasteiger partial charge in [0.15, 0.2) is 0 Å². The van der Waals surface area contributed by atoms with Crippen LogP contribution in [0.4, 0.5) is 0 Å². The first-order chi connectivity index (χ1) is 14.7. The molecule has 1 aromatic heterocycles. The number of aromatic nitrogens is 2. The second-order valence-corrected chi connectivity index (χ2v) is 9.04. The van der Waals surface area contributed by atoms with Crippen molar-refractivity contribution in [2.24, 2.45) is 0 Å². The highest BCUT2D eigenvalue weighted by atomic mass is 16.2. The van der Waals surface area contributed by atoms with E-state index in [0.717, 1.165) is 63.8 Å². The Labute approximate surface area is 179 Å². The summed E-state index contributed by atoms with van der Waals surface area (Å²) >= 11 is 0. The number of carbonyl (C=O) groups is 1. The van der Waals surface area contributed by atoms with Gasteiger partial charge in [0.25, 0.3) is 0 Å². The predicted molar refractivity (Wildman–Crippen MR) is 118 cm³/mol. The zero-order chi connectivity index (χ0) is 20.5. The van der Waals surface area contributed by atoms with Crippen LogP contribution >= 0.6 is 0 Å². The van der Waals surface area contributed by atoms with Crippen LogP contribution in [0.5, 0.6) is 0 Å². The van der Waals surface area contributed by atoms with Crippen LogP contribution in [0.1, 0.15) is 36.2 Å². The van der Waals surface area contributed by atoms with Crippen molar-refractivity contribution >= 4 is 5.91 Å². The molecule has 30 heavy (non-hydrogen) atoms. The monoisotopic (exact) mass is 407 g/mol. The summed E-state index contributed by atoms with van der Waals surface area (Å²) in [6.07, 6.45) is 5.96. The van der Waals surface area contributed by atoms with Gasteiger partial charge in [0, 0.05) is 57.4 Å². The molecular formula is C24H33N5O. The summed E-state index contributed by atoms with van der Waals surface area (Å²) in [5.41, 5.74) is 4.91. The van der Waals surface area contributed by atoms with E-state index < -0.39 is 0 Å². The van der Waals surface area contributed by atoms with Crippen LogP contribution in [0.2, 0.25) is 0 Å². The number of para-hydroxylation sites is 1. The highest BCUT2D eigenvalue weighted by molar-refractivity contribution is 5.78. The molecule has 3 heterocycles. The summed E-state index contributed by atoms with van der Waals surface area (Å²) in [5, 5.41) is 4.91. The first-order valence-electron chi connectivity index (χ1n) is 11.6. The quantitative estimate of drug-likeness (QED) is 0.780. The molecule has 2 aliphatic heterocycles. The Bertz CT molecular complexity index is 881. The van der Waals surface area contributed by atoms with E-state index in [4.69, 9.17) is 5.10 Å². The standard InChI is InChI=1S/C24H33N5O/c1-19-22-10-12-26(13-11-23(22)25-29(19)21-6-3-2-4-7-21)18-24(30)28-16-14-27(15-17-28)20-8-5-9-20/h2-4,6-7,20H,5,8-18H2,1H3. The Morgan fingerprint density at radius 2 is 1.73 bits per heavy atom. The van der Waals surface area contributed by atoms with Crippen molar-refractivity contribution in [1.82, 2.24) is 24.5 Å². The van der Waals surface area contributed by atoms with Gasteiger partial charge in [-0.1, -0.05) is 24.6 Å². The summed E-state index contributed by atoms with van der Waals surface area (Å²) in [7, 11) is 0. The number of hydrogen-bond acceptors (Lipinski definition) is 4. The molecule has 1 aromatic carbocycles. The lowest BCUT2D eigenvalue weighted by Crippen LogP contribution is -2.55. The molecule has 1 amide bonds. The summed E-state index contributed by atoms with van der Waals surface area (Å²) in [6.45, 7) is 8.45. The molecule has 3 aliphatic rings. The van der Waals surface area contributed by atoms with Gasteiger partial charge in [-0.3, -0.25) is 14.6 Å². The third kappa shape index (κ3) is 3.91. The molecule has 2 aromatic rings. The normalized spacial score (nSPS) is 21.2. The fourth-order valence-electron chi connectivity index (χ4n) is 5.12. The molecule has 5 rings (SSSR count). The minimum Gasteiger partial charge on any atom is -0.339 e. The van der Waals surface area contributed by atoms with Crippen LogP contribution in [-0.2, 0) is 17.6 Å². The van der Waals surface area contributed by atoms with E-state index in [0.29, 0.717) is 12.5 Å². The van der Waals surface area contributed by atoms with Crippen molar-refractivity contribution < 1.29 is 4.79 Å². The highest BCUT2D eigenvalue weighted by Gasteiger charge is 2.30. The Morgan fingerprint density at radius 1 is 1.00 bits per heavy atom. The van der Waals surface area contributed by atoms with Crippen molar-refractivity contribution in [3.8, 4) is 5.69 Å². The van der Waals surface area contributed by atoms with Crippen molar-refractivity contribution in [1.29, 1.82) is 0 Å². The third-order valence-electron chi connectivity index (χ3n) is 7.28. The molecule has 1 saturated carbocycles. The van der Waals surface area contributed by atoms with E-state index >= 15 is 0 Å². The highest BCUT2D eigenvalue weighted by Crippen LogP contribution is 2.26. The number of benzene rings is 1. The largest absolute Gasteiger partial charge is 0.339 e. The first kappa shape index (κ1) is 19.8. The molecule has 160 valence electrons. The molecule has 1 aliphatic carbocycles. The Balaban J connectivity index is 1.17. The fraction of sp³-hybridized carbons (Fsp3) is 0.583. The average Bonchev–Trinajstić information content (AvgIpc) is 2.91. The maximum Gasteiger partial charge on any atom is 0.236 e. The number of piperazine rings is 1. The second-order valence-electron chi connectivity index (χ2n) is 9.04. The van der Waals surface area contributed by atoms with Gasteiger partial charge < -0.3 is 4.90 Å². The van der Waals surface area contributed by atoms with Gasteiger partial charge in [-0.05, 0) is 43.9 Å². The lowest BCUT2D eigenvalue weighted by atomic mass is 9.91. The maximum atomic E-state index is 12.9. The molecule has 0 radical (unpaired) electrons. The predicted octanol–water partition coefficient (Wildman–Crippen LogP) is 2.28. The lowest BCUT2D eigenvalue weighted by Gasteiger charge is -2.43. The van der Waals surface area contributed by atoms with E-state index in [1.165, 1.54) is 36.2 Å². The lowest BCUT2D eigenvalue weighted by molar-refractivity contribution is -0.134. The number of nitrogens with zero attached hydrogens (tertiary/aromatic N) is 5. The Morgan fingerprint density at radius 3 is 2.43 bits per heavy atom. The maximum absolute atomic E-state index is 12.9. The minimum absolute atomic E-state index is 0.300. The molecular weight excluding hydrogens is 374 g/mol. The summed E-state index contributed by atoms with van der Waals surface area (Å²) in [5.74, 6) is 0.300. The van der Waals surface area contributed by atoms with Gasteiger partial charge in [0.05, 0.1) is 17.9 Å². The summed E-state index contributed by atoms with van der Waals surface area (Å²) in [4.78, 5) is 19.9. The van der Waals surface area contributed by atoms with Gasteiger partial charge in [0.1, 0.15) is 0 Å². The topological polar surface area (TPSA) is 44.6 Å². The molecule has 0 unspecified atom stereocenters. The number of amides is 1. The van der Waals surface area contributed by atoms with Crippen LogP contribution in [0.25, 0.3) is 5.69 Å². The number of fused-ring (bicyclic) bond motifs is 1. The van der Waals surface area contributed by atoms with E-state index in [2.05, 4.69) is 50.6 Å². The smallest absolute Gasteiger partial charge is 0.236 e. The van der Waals surface area contributed by atoms with Crippen LogP contribution in [0, 0.1) is 6.92 Å². The van der Waals surface area contributed by atoms with Crippen LogP contribution in [-0.4, -0.2) is 82.2 Å². The van der Waals surface area contributed by atoms with Gasteiger partial charge in [-0.25, -0.2) is 4.68 Å². The van der Waals surface area contributed by atoms with Crippen molar-refractivity contribution in [3.05, 3.63) is 47.3 Å². The Hall–Kier alpha value is -2.18. The number of rotatable bonds is 4. The zero-order valence-electron chi connectivity index (χ0n) is 18.1. The van der Waals surface area contributed by atoms with E-state index in [-0.39, 0.29) is 0 Å². The van der Waals surface area contributed by atoms with Gasteiger partial charge in [-0.2, -0.15) is 5.10 Å². The van der Waals surface area contributed by atoms with E-state index in [1.807, 2.05) is 6.07 Å². The molecule has 0 spiro atoms. The Kier molecular flexibility index (Phi) is 5.61. The molecule has 1 saturated heterocycles. The molecule has 0 bridgehead atoms. The second kappa shape index (κ2) is 8.52. The fourth-order valence-corrected chi connectivity index (χ4v) is 5.12. The molecule has 0 atom stereocenters. The van der Waals surface area contributed by atoms with E-state index in [1.54, 1.807) is 0 Å². The first-order valence-corrected chi connectivity index (χ1v) is 11.6. The van der Waals surface area contributed by atoms with Crippen molar-refractivity contribution in [2.45, 2.75) is 45.1 Å². The van der Waals surface area contributed by atoms with Crippen LogP contribution in [0.3, 0.4) is 0 Å². The van der Waals surface area contributed by atoms with Gasteiger partial charge in [0.2, 0.25) is 5.91 Å². The summed E-state index contributed by atoms with van der Waals surface area (Å²) in [6, 6.07) is 11.2. The molecule has 2 fully saturated rings. The minimum atomic E-state index is 0.300. The molecule has 0 N–H and O–H groups in total. The third-order valence-corrected chi connectivity index (χ3v) is 7.28. The SMILES string of the molecule is Cc1c2c(nn1-c1ccccc1)CCN(CC(=O)N1CCN(C3CCC3)CC1)CC2. The van der Waals surface area contributed by atoms with Crippen molar-refractivity contribution in [2.75, 3.05) is 45.8 Å². The van der Waals surface area contributed by atoms with Crippen LogP contribution < -0.4 is 0 Å². The molecule has 6 nitrogen and oxygen atoms in total. The molecule has 6 heteroatoms. The summed E-state index contributed by atoms with van der Waals surface area (Å²) < 4.78 is 2.08. The van der Waals surface area contributed by atoms with Gasteiger partial charge >= 0.3 is 0 Å². The van der Waals surface area contributed by atoms with Crippen molar-refractivity contribution in [3.63, 3.8) is 0 Å². The van der Waals surface area contributed by atoms with E-state index in [9.17, 15) is 4.79 Å². The average molecular weight is 408 g/mol. The number of carbonyl (C=O) groups excluding carboxylic acids is 1. The number of hydrogen-bond donors (Lipinski definition) is 0. The van der Waals surface area contributed by atoms with Gasteiger partial charge in [-0.15, -0.1) is 0 Å².